The van der Waals surface area contributed by atoms with Crippen LogP contribution in [0.2, 0.25) is 0 Å². The topological polar surface area (TPSA) is 74.2 Å². The Morgan fingerprint density at radius 3 is 3.00 bits per heavy atom. The fourth-order valence-corrected chi connectivity index (χ4v) is 2.10. The Morgan fingerprint density at radius 1 is 1.53 bits per heavy atom. The fourth-order valence-electron chi connectivity index (χ4n) is 2.10. The van der Waals surface area contributed by atoms with Crippen molar-refractivity contribution in [2.45, 2.75) is 57.6 Å². The summed E-state index contributed by atoms with van der Waals surface area (Å²) in [4.78, 5) is 4.42. The van der Waals surface area contributed by atoms with E-state index >= 15 is 0 Å². The third-order valence-corrected chi connectivity index (χ3v) is 3.21. The first-order valence-electron chi connectivity index (χ1n) is 6.33. The monoisotopic (exact) mass is 239 g/mol. The Morgan fingerprint density at radius 2 is 2.35 bits per heavy atom. The SMILES string of the molecule is CC(N)CCCc1nc(C2(C)CCCO2)no1. The van der Waals surface area contributed by atoms with Crippen LogP contribution in [0.5, 0.6) is 0 Å². The van der Waals surface area contributed by atoms with Crippen LogP contribution in [0.4, 0.5) is 0 Å². The van der Waals surface area contributed by atoms with Gasteiger partial charge in [0, 0.05) is 19.1 Å². The van der Waals surface area contributed by atoms with Crippen LogP contribution in [0.3, 0.4) is 0 Å². The third kappa shape index (κ3) is 3.04. The van der Waals surface area contributed by atoms with Crippen molar-refractivity contribution in [3.8, 4) is 0 Å². The highest BCUT2D eigenvalue weighted by molar-refractivity contribution is 5.01. The Kier molecular flexibility index (Phi) is 3.79. The smallest absolute Gasteiger partial charge is 0.226 e. The van der Waals surface area contributed by atoms with Crippen molar-refractivity contribution in [1.82, 2.24) is 10.1 Å². The molecule has 2 unspecified atom stereocenters. The van der Waals surface area contributed by atoms with Gasteiger partial charge in [0.25, 0.3) is 0 Å². The molecule has 0 aromatic carbocycles. The lowest BCUT2D eigenvalue weighted by Crippen LogP contribution is -2.21. The van der Waals surface area contributed by atoms with E-state index in [-0.39, 0.29) is 11.6 Å². The van der Waals surface area contributed by atoms with Gasteiger partial charge in [-0.2, -0.15) is 4.98 Å². The number of rotatable bonds is 5. The zero-order valence-electron chi connectivity index (χ0n) is 10.6. The number of aryl methyl sites for hydroxylation is 1. The van der Waals surface area contributed by atoms with Gasteiger partial charge in [-0.05, 0) is 39.5 Å². The summed E-state index contributed by atoms with van der Waals surface area (Å²) in [5, 5.41) is 4.03. The molecular formula is C12H21N3O2. The van der Waals surface area contributed by atoms with E-state index in [1.54, 1.807) is 0 Å². The summed E-state index contributed by atoms with van der Waals surface area (Å²) >= 11 is 0. The Hall–Kier alpha value is -0.940. The first kappa shape index (κ1) is 12.5. The molecule has 1 aromatic rings. The van der Waals surface area contributed by atoms with E-state index in [2.05, 4.69) is 10.1 Å². The minimum Gasteiger partial charge on any atom is -0.367 e. The third-order valence-electron chi connectivity index (χ3n) is 3.21. The molecule has 96 valence electrons. The van der Waals surface area contributed by atoms with Gasteiger partial charge in [-0.3, -0.25) is 0 Å². The molecule has 1 aromatic heterocycles. The summed E-state index contributed by atoms with van der Waals surface area (Å²) in [6.07, 6.45) is 4.78. The van der Waals surface area contributed by atoms with Crippen LogP contribution in [0.1, 0.15) is 51.2 Å². The molecule has 2 N–H and O–H groups in total. The minimum absolute atomic E-state index is 0.230. The summed E-state index contributed by atoms with van der Waals surface area (Å²) in [7, 11) is 0. The molecule has 0 amide bonds. The second-order valence-electron chi connectivity index (χ2n) is 5.06. The van der Waals surface area contributed by atoms with Gasteiger partial charge in [0.15, 0.2) is 0 Å². The number of nitrogens with two attached hydrogens (primary N) is 1. The molecule has 0 radical (unpaired) electrons. The maximum Gasteiger partial charge on any atom is 0.226 e. The van der Waals surface area contributed by atoms with Gasteiger partial charge in [-0.25, -0.2) is 0 Å². The van der Waals surface area contributed by atoms with E-state index in [0.717, 1.165) is 38.7 Å². The van der Waals surface area contributed by atoms with Crippen molar-refractivity contribution in [2.24, 2.45) is 5.73 Å². The van der Waals surface area contributed by atoms with Gasteiger partial charge in [0.05, 0.1) is 0 Å². The van der Waals surface area contributed by atoms with Crippen LogP contribution in [-0.4, -0.2) is 22.8 Å². The average molecular weight is 239 g/mol. The fraction of sp³-hybridized carbons (Fsp3) is 0.833. The summed E-state index contributed by atoms with van der Waals surface area (Å²) < 4.78 is 10.9. The number of aromatic nitrogens is 2. The van der Waals surface area contributed by atoms with Crippen molar-refractivity contribution in [3.63, 3.8) is 0 Å². The van der Waals surface area contributed by atoms with E-state index < -0.39 is 0 Å². The molecule has 5 nitrogen and oxygen atoms in total. The Balaban J connectivity index is 1.91. The molecule has 2 rings (SSSR count). The van der Waals surface area contributed by atoms with Crippen molar-refractivity contribution < 1.29 is 9.26 Å². The van der Waals surface area contributed by atoms with E-state index in [4.69, 9.17) is 15.0 Å². The minimum atomic E-state index is -0.344. The van der Waals surface area contributed by atoms with Crippen LogP contribution >= 0.6 is 0 Å². The van der Waals surface area contributed by atoms with Gasteiger partial charge in [-0.1, -0.05) is 5.16 Å². The summed E-state index contributed by atoms with van der Waals surface area (Å²) in [6.45, 7) is 4.81. The van der Waals surface area contributed by atoms with Crippen molar-refractivity contribution in [3.05, 3.63) is 11.7 Å². The Bertz CT molecular complexity index is 356. The highest BCUT2D eigenvalue weighted by atomic mass is 16.5. The van der Waals surface area contributed by atoms with Gasteiger partial charge >= 0.3 is 0 Å². The maximum absolute atomic E-state index is 5.70. The molecule has 2 atom stereocenters. The van der Waals surface area contributed by atoms with Crippen molar-refractivity contribution in [2.75, 3.05) is 6.61 Å². The van der Waals surface area contributed by atoms with Crippen LogP contribution in [-0.2, 0) is 16.8 Å². The van der Waals surface area contributed by atoms with Crippen molar-refractivity contribution >= 4 is 0 Å². The van der Waals surface area contributed by atoms with Crippen LogP contribution in [0, 0.1) is 0 Å². The number of hydrogen-bond acceptors (Lipinski definition) is 5. The lowest BCUT2D eigenvalue weighted by molar-refractivity contribution is 0.00768. The quantitative estimate of drug-likeness (QED) is 0.847. The average Bonchev–Trinajstić information content (AvgIpc) is 2.87. The second-order valence-corrected chi connectivity index (χ2v) is 5.06. The predicted octanol–water partition coefficient (Wildman–Crippen LogP) is 1.77. The Labute approximate surface area is 102 Å². The largest absolute Gasteiger partial charge is 0.367 e. The molecule has 1 aliphatic heterocycles. The van der Waals surface area contributed by atoms with Gasteiger partial charge in [0.2, 0.25) is 11.7 Å². The molecule has 2 heterocycles. The van der Waals surface area contributed by atoms with Crippen molar-refractivity contribution in [1.29, 1.82) is 0 Å². The summed E-state index contributed by atoms with van der Waals surface area (Å²) in [6, 6.07) is 0.230. The lowest BCUT2D eigenvalue weighted by Gasteiger charge is -2.17. The first-order chi connectivity index (χ1) is 8.10. The standard InChI is InChI=1S/C12H21N3O2/c1-9(13)5-3-6-10-14-11(15-17-10)12(2)7-4-8-16-12/h9H,3-8,13H2,1-2H3. The van der Waals surface area contributed by atoms with Gasteiger partial charge in [-0.15, -0.1) is 0 Å². The molecule has 0 aliphatic carbocycles. The number of hydrogen-bond donors (Lipinski definition) is 1. The summed E-state index contributed by atoms with van der Waals surface area (Å²) in [5.74, 6) is 1.38. The molecule has 0 spiro atoms. The van der Waals surface area contributed by atoms with Crippen LogP contribution < -0.4 is 5.73 Å². The molecule has 1 aliphatic rings. The van der Waals surface area contributed by atoms with Crippen LogP contribution in [0.25, 0.3) is 0 Å². The highest BCUT2D eigenvalue weighted by Crippen LogP contribution is 2.33. The van der Waals surface area contributed by atoms with Gasteiger partial charge in [0.1, 0.15) is 5.60 Å². The number of ether oxygens (including phenoxy) is 1. The normalized spacial score (nSPS) is 26.3. The molecule has 5 heteroatoms. The molecule has 17 heavy (non-hydrogen) atoms. The number of nitrogens with zero attached hydrogens (tertiary/aromatic N) is 2. The van der Waals surface area contributed by atoms with E-state index in [9.17, 15) is 0 Å². The molecule has 0 bridgehead atoms. The van der Waals surface area contributed by atoms with E-state index in [0.29, 0.717) is 11.7 Å². The molecular weight excluding hydrogens is 218 g/mol. The molecule has 1 saturated heterocycles. The molecule has 0 saturated carbocycles. The maximum atomic E-state index is 5.70. The van der Waals surface area contributed by atoms with Crippen LogP contribution in [0.15, 0.2) is 4.52 Å². The second kappa shape index (κ2) is 5.14. The summed E-state index contributed by atoms with van der Waals surface area (Å²) in [5.41, 5.74) is 5.35. The molecule has 1 fully saturated rings. The van der Waals surface area contributed by atoms with Gasteiger partial charge < -0.3 is 15.0 Å². The zero-order valence-corrected chi connectivity index (χ0v) is 10.6. The first-order valence-corrected chi connectivity index (χ1v) is 6.33. The predicted molar refractivity (Wildman–Crippen MR) is 63.4 cm³/mol. The highest BCUT2D eigenvalue weighted by Gasteiger charge is 2.36. The van der Waals surface area contributed by atoms with E-state index in [1.165, 1.54) is 0 Å². The lowest BCUT2D eigenvalue weighted by atomic mass is 10.0. The zero-order chi connectivity index (χ0) is 12.3. The van der Waals surface area contributed by atoms with E-state index in [1.807, 2.05) is 13.8 Å².